The van der Waals surface area contributed by atoms with Crippen LogP contribution < -0.4 is 5.32 Å². The van der Waals surface area contributed by atoms with Crippen LogP contribution in [0.4, 0.5) is 0 Å². The Balaban J connectivity index is 3.80. The van der Waals surface area contributed by atoms with Gasteiger partial charge in [-0.2, -0.15) is 0 Å². The van der Waals surface area contributed by atoms with E-state index in [0.29, 0.717) is 18.1 Å². The van der Waals surface area contributed by atoms with Gasteiger partial charge in [-0.15, -0.1) is 0 Å². The fourth-order valence-corrected chi connectivity index (χ4v) is 1.38. The Morgan fingerprint density at radius 3 is 2.44 bits per heavy atom. The minimum Gasteiger partial charge on any atom is -0.494 e. The fourth-order valence-electron chi connectivity index (χ4n) is 1.38. The summed E-state index contributed by atoms with van der Waals surface area (Å²) in [4.78, 5) is 10.8. The molecule has 0 rings (SSSR count). The molecule has 0 aliphatic heterocycles. The number of carbonyl (C=O) groups is 1. The first-order valence-electron chi connectivity index (χ1n) is 5.82. The van der Waals surface area contributed by atoms with Crippen molar-refractivity contribution in [1.29, 1.82) is 0 Å². The van der Waals surface area contributed by atoms with E-state index in [0.717, 1.165) is 12.8 Å². The van der Waals surface area contributed by atoms with Gasteiger partial charge in [0.15, 0.2) is 6.29 Å². The van der Waals surface area contributed by atoms with Crippen LogP contribution in [0.15, 0.2) is 24.1 Å². The predicted molar refractivity (Wildman–Crippen MR) is 69.7 cm³/mol. The molecular weight excluding hydrogens is 234 g/mol. The van der Waals surface area contributed by atoms with Gasteiger partial charge >= 0.3 is 0 Å². The van der Waals surface area contributed by atoms with E-state index in [1.54, 1.807) is 27.2 Å². The van der Waals surface area contributed by atoms with Gasteiger partial charge in [-0.25, -0.2) is 0 Å². The summed E-state index contributed by atoms with van der Waals surface area (Å²) in [6.45, 7) is 7.51. The van der Waals surface area contributed by atoms with Crippen molar-refractivity contribution in [1.82, 2.24) is 5.32 Å². The molecule has 0 aromatic heterocycles. The maximum absolute atomic E-state index is 10.8. The van der Waals surface area contributed by atoms with Crippen LogP contribution in [-0.4, -0.2) is 33.0 Å². The Kier molecular flexibility index (Phi) is 8.96. The smallest absolute Gasteiger partial charge is 0.220 e. The highest BCUT2D eigenvalue weighted by molar-refractivity contribution is 5.74. The second kappa shape index (κ2) is 9.67. The Morgan fingerprint density at radius 1 is 1.33 bits per heavy atom. The van der Waals surface area contributed by atoms with Gasteiger partial charge in [-0.05, 0) is 19.4 Å². The lowest BCUT2D eigenvalue weighted by molar-refractivity contribution is -0.118. The number of allylic oxidation sites excluding steroid dienone is 2. The van der Waals surface area contributed by atoms with Crippen molar-refractivity contribution in [3.05, 3.63) is 24.1 Å². The zero-order valence-corrected chi connectivity index (χ0v) is 11.6. The molecule has 0 atom stereocenters. The third-order valence-corrected chi connectivity index (χ3v) is 2.15. The Morgan fingerprint density at radius 2 is 1.94 bits per heavy atom. The van der Waals surface area contributed by atoms with Gasteiger partial charge in [0.05, 0.1) is 6.61 Å². The van der Waals surface area contributed by atoms with E-state index in [4.69, 9.17) is 14.2 Å². The monoisotopic (exact) mass is 257 g/mol. The van der Waals surface area contributed by atoms with Crippen molar-refractivity contribution in [3.8, 4) is 0 Å². The van der Waals surface area contributed by atoms with E-state index >= 15 is 0 Å². The van der Waals surface area contributed by atoms with E-state index in [-0.39, 0.29) is 12.2 Å². The summed E-state index contributed by atoms with van der Waals surface area (Å²) < 4.78 is 15.5. The Bertz CT molecular complexity index is 295. The quantitative estimate of drug-likeness (QED) is 0.297. The molecule has 0 saturated carbocycles. The average molecular weight is 257 g/mol. The van der Waals surface area contributed by atoms with Crippen LogP contribution in [0.1, 0.15) is 26.7 Å². The van der Waals surface area contributed by atoms with E-state index in [1.807, 2.05) is 0 Å². The van der Waals surface area contributed by atoms with E-state index in [2.05, 4.69) is 11.9 Å². The number of hydrogen-bond acceptors (Lipinski definition) is 4. The fraction of sp³-hybridized carbons (Fsp3) is 0.615. The van der Waals surface area contributed by atoms with Crippen LogP contribution >= 0.6 is 0 Å². The highest BCUT2D eigenvalue weighted by Crippen LogP contribution is 2.05. The van der Waals surface area contributed by atoms with Crippen molar-refractivity contribution in [3.63, 3.8) is 0 Å². The topological polar surface area (TPSA) is 56.8 Å². The molecule has 0 unspecified atom stereocenters. The number of carbonyl (C=O) groups excluding carboxylic acids is 1. The number of methoxy groups -OCH3 is 2. The Labute approximate surface area is 109 Å². The maximum atomic E-state index is 10.8. The molecule has 0 bridgehead atoms. The number of hydrogen-bond donors (Lipinski definition) is 1. The molecular formula is C13H23NO4. The van der Waals surface area contributed by atoms with E-state index < -0.39 is 0 Å². The summed E-state index contributed by atoms with van der Waals surface area (Å²) in [6, 6.07) is 0. The van der Waals surface area contributed by atoms with Crippen LogP contribution in [0.5, 0.6) is 0 Å². The zero-order valence-electron chi connectivity index (χ0n) is 11.6. The van der Waals surface area contributed by atoms with Crippen LogP contribution in [0.2, 0.25) is 0 Å². The SMILES string of the molecule is C=C(/C=C(\C)NC(C)=O)OCCCC(OC)OC. The summed E-state index contributed by atoms with van der Waals surface area (Å²) in [5, 5.41) is 2.64. The molecule has 0 spiro atoms. The first-order chi connectivity index (χ1) is 8.49. The van der Waals surface area contributed by atoms with Gasteiger partial charge in [0.25, 0.3) is 0 Å². The molecule has 0 fully saturated rings. The summed E-state index contributed by atoms with van der Waals surface area (Å²) in [6.07, 6.45) is 3.05. The van der Waals surface area contributed by atoms with Crippen molar-refractivity contribution in [2.24, 2.45) is 0 Å². The first-order valence-corrected chi connectivity index (χ1v) is 5.82. The van der Waals surface area contributed by atoms with Crippen molar-refractivity contribution >= 4 is 5.91 Å². The average Bonchev–Trinajstić information content (AvgIpc) is 2.28. The number of nitrogens with one attached hydrogen (secondary N) is 1. The molecule has 1 N–H and O–H groups in total. The number of rotatable bonds is 9. The second-order valence-corrected chi connectivity index (χ2v) is 3.87. The molecule has 0 aliphatic carbocycles. The summed E-state index contributed by atoms with van der Waals surface area (Å²) in [5.41, 5.74) is 0.708. The minimum atomic E-state index is -0.196. The lowest BCUT2D eigenvalue weighted by atomic mass is 10.3. The Hall–Kier alpha value is -1.33. The first kappa shape index (κ1) is 16.7. The largest absolute Gasteiger partial charge is 0.494 e. The third-order valence-electron chi connectivity index (χ3n) is 2.15. The number of ether oxygens (including phenoxy) is 3. The van der Waals surface area contributed by atoms with Crippen LogP contribution in [0.25, 0.3) is 0 Å². The van der Waals surface area contributed by atoms with E-state index in [1.165, 1.54) is 6.92 Å². The van der Waals surface area contributed by atoms with Crippen molar-refractivity contribution < 1.29 is 19.0 Å². The van der Waals surface area contributed by atoms with Crippen molar-refractivity contribution in [2.75, 3.05) is 20.8 Å². The van der Waals surface area contributed by atoms with E-state index in [9.17, 15) is 4.79 Å². The molecule has 0 aromatic rings. The summed E-state index contributed by atoms with van der Waals surface area (Å²) in [5.74, 6) is 0.409. The van der Waals surface area contributed by atoms with Crippen LogP contribution in [-0.2, 0) is 19.0 Å². The molecule has 0 heterocycles. The highest BCUT2D eigenvalue weighted by Gasteiger charge is 2.04. The summed E-state index contributed by atoms with van der Waals surface area (Å²) in [7, 11) is 3.21. The minimum absolute atomic E-state index is 0.111. The van der Waals surface area contributed by atoms with Gasteiger partial charge in [0, 0.05) is 33.3 Å². The molecule has 0 saturated heterocycles. The normalized spacial score (nSPS) is 11.5. The van der Waals surface area contributed by atoms with Crippen LogP contribution in [0, 0.1) is 0 Å². The predicted octanol–water partition coefficient (Wildman–Crippen LogP) is 1.96. The van der Waals surface area contributed by atoms with Crippen LogP contribution in [0.3, 0.4) is 0 Å². The van der Waals surface area contributed by atoms with Gasteiger partial charge in [0.2, 0.25) is 5.91 Å². The second-order valence-electron chi connectivity index (χ2n) is 3.87. The van der Waals surface area contributed by atoms with Gasteiger partial charge in [-0.3, -0.25) is 4.79 Å². The molecule has 5 heteroatoms. The molecule has 0 radical (unpaired) electrons. The molecule has 0 aromatic carbocycles. The molecule has 5 nitrogen and oxygen atoms in total. The molecule has 18 heavy (non-hydrogen) atoms. The molecule has 0 aliphatic rings. The number of amides is 1. The molecule has 1 amide bonds. The van der Waals surface area contributed by atoms with Gasteiger partial charge in [-0.1, -0.05) is 6.58 Å². The zero-order chi connectivity index (χ0) is 14.0. The van der Waals surface area contributed by atoms with Gasteiger partial charge < -0.3 is 19.5 Å². The van der Waals surface area contributed by atoms with Crippen molar-refractivity contribution in [2.45, 2.75) is 33.0 Å². The highest BCUT2D eigenvalue weighted by atomic mass is 16.7. The lowest BCUT2D eigenvalue weighted by Gasteiger charge is -2.13. The summed E-state index contributed by atoms with van der Waals surface area (Å²) >= 11 is 0. The lowest BCUT2D eigenvalue weighted by Crippen LogP contribution is -2.17. The van der Waals surface area contributed by atoms with Gasteiger partial charge in [0.1, 0.15) is 5.76 Å². The molecule has 104 valence electrons. The third kappa shape index (κ3) is 8.78. The standard InChI is InChI=1S/C13H23NO4/c1-10(14-12(3)15)9-11(2)18-8-6-7-13(16-4)17-5/h9,13H,2,6-8H2,1,3-5H3,(H,14,15)/b10-9+. The maximum Gasteiger partial charge on any atom is 0.220 e.